The fraction of sp³-hybridized carbons (Fsp3) is 0.560. The molecule has 0 unspecified atom stereocenters. The summed E-state index contributed by atoms with van der Waals surface area (Å²) in [5.41, 5.74) is 8.58. The smallest absolute Gasteiger partial charge is 0.209 e. The van der Waals surface area contributed by atoms with Crippen LogP contribution in [0.1, 0.15) is 57.3 Å². The minimum Gasteiger partial charge on any atom is -0.381 e. The number of aromatic nitrogens is 4. The lowest BCUT2D eigenvalue weighted by molar-refractivity contribution is 0.0232. The van der Waals surface area contributed by atoms with Gasteiger partial charge in [0.25, 0.3) is 0 Å². The number of rotatable bonds is 6. The number of benzene rings is 1. The standard InChI is InChI=1S/C25H32Cl2N6O/c1-25(6-8-34-9-7-25)13-22-29-15-21-23(32-22)33(20-4-2-16(14-28)3-5-20)24(31-21)30-19-11-17(26)10-18(27)12-19/h10-12,15-16,20H,2-9,13-14,28H2,1H3,(H,30,31). The van der Waals surface area contributed by atoms with E-state index in [2.05, 4.69) is 16.8 Å². The molecular formula is C25H32Cl2N6O. The third-order valence-corrected chi connectivity index (χ3v) is 7.84. The highest BCUT2D eigenvalue weighted by Crippen LogP contribution is 2.38. The van der Waals surface area contributed by atoms with Crippen LogP contribution < -0.4 is 11.1 Å². The van der Waals surface area contributed by atoms with Crippen LogP contribution in [-0.2, 0) is 11.2 Å². The maximum Gasteiger partial charge on any atom is 0.209 e. The van der Waals surface area contributed by atoms with Gasteiger partial charge in [0.15, 0.2) is 5.65 Å². The van der Waals surface area contributed by atoms with Gasteiger partial charge < -0.3 is 15.8 Å². The quantitative estimate of drug-likeness (QED) is 0.434. The zero-order valence-corrected chi connectivity index (χ0v) is 21.1. The molecule has 34 heavy (non-hydrogen) atoms. The second-order valence-corrected chi connectivity index (χ2v) is 11.0. The van der Waals surface area contributed by atoms with E-state index in [1.54, 1.807) is 6.07 Å². The fourth-order valence-electron chi connectivity index (χ4n) is 5.26. The number of nitrogens with one attached hydrogen (secondary N) is 1. The number of nitrogens with zero attached hydrogens (tertiary/aromatic N) is 4. The van der Waals surface area contributed by atoms with Crippen LogP contribution in [0.4, 0.5) is 11.6 Å². The zero-order valence-electron chi connectivity index (χ0n) is 19.6. The zero-order chi connectivity index (χ0) is 23.7. The molecule has 3 N–H and O–H groups in total. The SMILES string of the molecule is CC1(Cc2ncc3nc(Nc4cc(Cl)cc(Cl)c4)n(C4CCC(CN)CC4)c3n2)CCOCC1. The van der Waals surface area contributed by atoms with Crippen molar-refractivity contribution < 1.29 is 4.74 Å². The van der Waals surface area contributed by atoms with Crippen molar-refractivity contribution in [2.75, 3.05) is 25.1 Å². The van der Waals surface area contributed by atoms with E-state index in [1.807, 2.05) is 18.3 Å². The van der Waals surface area contributed by atoms with Crippen LogP contribution in [-0.4, -0.2) is 39.3 Å². The first kappa shape index (κ1) is 23.8. The summed E-state index contributed by atoms with van der Waals surface area (Å²) in [4.78, 5) is 14.6. The number of hydrogen-bond acceptors (Lipinski definition) is 6. The van der Waals surface area contributed by atoms with E-state index in [-0.39, 0.29) is 5.41 Å². The summed E-state index contributed by atoms with van der Waals surface area (Å²) in [5, 5.41) is 4.60. The Balaban J connectivity index is 1.52. The largest absolute Gasteiger partial charge is 0.381 e. The molecule has 9 heteroatoms. The molecule has 3 aromatic rings. The number of hydrogen-bond donors (Lipinski definition) is 2. The minimum absolute atomic E-state index is 0.161. The molecule has 1 saturated heterocycles. The maximum atomic E-state index is 6.25. The Morgan fingerprint density at radius 3 is 2.47 bits per heavy atom. The molecule has 2 fully saturated rings. The van der Waals surface area contributed by atoms with Crippen molar-refractivity contribution in [2.45, 2.75) is 57.9 Å². The minimum atomic E-state index is 0.161. The normalized spacial score (nSPS) is 22.7. The second-order valence-electron chi connectivity index (χ2n) is 10.1. The molecular weight excluding hydrogens is 471 g/mol. The average molecular weight is 503 g/mol. The molecule has 7 nitrogen and oxygen atoms in total. The Morgan fingerprint density at radius 2 is 1.79 bits per heavy atom. The Morgan fingerprint density at radius 1 is 1.09 bits per heavy atom. The summed E-state index contributed by atoms with van der Waals surface area (Å²) in [6, 6.07) is 5.73. The molecule has 0 spiro atoms. The van der Waals surface area contributed by atoms with Crippen LogP contribution in [0.25, 0.3) is 11.2 Å². The van der Waals surface area contributed by atoms with E-state index >= 15 is 0 Å². The number of nitrogens with two attached hydrogens (primary N) is 1. The highest BCUT2D eigenvalue weighted by atomic mass is 35.5. The van der Waals surface area contributed by atoms with Gasteiger partial charge in [0.1, 0.15) is 11.3 Å². The molecule has 5 rings (SSSR count). The summed E-state index contributed by atoms with van der Waals surface area (Å²) in [6.07, 6.45) is 9.07. The monoisotopic (exact) mass is 502 g/mol. The highest BCUT2D eigenvalue weighted by molar-refractivity contribution is 6.35. The lowest BCUT2D eigenvalue weighted by Gasteiger charge is -2.33. The lowest BCUT2D eigenvalue weighted by atomic mass is 9.79. The van der Waals surface area contributed by atoms with Crippen molar-refractivity contribution in [3.8, 4) is 0 Å². The van der Waals surface area contributed by atoms with Gasteiger partial charge in [-0.2, -0.15) is 0 Å². The molecule has 2 aliphatic rings. The Bertz CT molecular complexity index is 1130. The van der Waals surface area contributed by atoms with E-state index in [1.165, 1.54) is 0 Å². The van der Waals surface area contributed by atoms with E-state index in [0.29, 0.717) is 22.0 Å². The molecule has 2 aromatic heterocycles. The van der Waals surface area contributed by atoms with Gasteiger partial charge in [0.05, 0.1) is 6.20 Å². The van der Waals surface area contributed by atoms with Crippen molar-refractivity contribution in [2.24, 2.45) is 17.1 Å². The van der Waals surface area contributed by atoms with Crippen molar-refractivity contribution >= 4 is 46.0 Å². The van der Waals surface area contributed by atoms with Crippen molar-refractivity contribution in [3.05, 3.63) is 40.3 Å². The third kappa shape index (κ3) is 5.18. The van der Waals surface area contributed by atoms with Gasteiger partial charge in [0.2, 0.25) is 5.95 Å². The number of ether oxygens (including phenoxy) is 1. The maximum absolute atomic E-state index is 6.25. The lowest BCUT2D eigenvalue weighted by Crippen LogP contribution is -2.29. The van der Waals surface area contributed by atoms with Gasteiger partial charge in [-0.05, 0) is 74.6 Å². The summed E-state index contributed by atoms with van der Waals surface area (Å²) in [6.45, 7) is 4.66. The molecule has 182 valence electrons. The first-order valence-electron chi connectivity index (χ1n) is 12.2. The number of fused-ring (bicyclic) bond motifs is 1. The third-order valence-electron chi connectivity index (χ3n) is 7.40. The Hall–Kier alpha value is -1.93. The van der Waals surface area contributed by atoms with Crippen LogP contribution in [0.3, 0.4) is 0 Å². The molecule has 3 heterocycles. The first-order valence-corrected chi connectivity index (χ1v) is 12.9. The van der Waals surface area contributed by atoms with E-state index in [0.717, 1.165) is 93.3 Å². The molecule has 1 saturated carbocycles. The Labute approximate surface area is 210 Å². The molecule has 1 aliphatic heterocycles. The Kier molecular flexibility index (Phi) is 6.98. The number of imidazole rings is 1. The summed E-state index contributed by atoms with van der Waals surface area (Å²) >= 11 is 12.5. The van der Waals surface area contributed by atoms with Gasteiger partial charge in [-0.3, -0.25) is 4.57 Å². The van der Waals surface area contributed by atoms with Crippen molar-refractivity contribution in [3.63, 3.8) is 0 Å². The van der Waals surface area contributed by atoms with E-state index in [9.17, 15) is 0 Å². The van der Waals surface area contributed by atoms with Crippen LogP contribution in [0, 0.1) is 11.3 Å². The molecule has 1 aromatic carbocycles. The van der Waals surface area contributed by atoms with Crippen LogP contribution in [0.2, 0.25) is 10.0 Å². The predicted molar refractivity (Wildman–Crippen MR) is 137 cm³/mol. The topological polar surface area (TPSA) is 90.9 Å². The van der Waals surface area contributed by atoms with Gasteiger partial charge in [0, 0.05) is 41.4 Å². The van der Waals surface area contributed by atoms with Gasteiger partial charge in [-0.1, -0.05) is 30.1 Å². The molecule has 1 aliphatic carbocycles. The average Bonchev–Trinajstić information content (AvgIpc) is 3.15. The summed E-state index contributed by atoms with van der Waals surface area (Å²) in [5.74, 6) is 2.20. The summed E-state index contributed by atoms with van der Waals surface area (Å²) < 4.78 is 7.83. The van der Waals surface area contributed by atoms with Gasteiger partial charge in [-0.25, -0.2) is 15.0 Å². The molecule has 0 amide bonds. The highest BCUT2D eigenvalue weighted by Gasteiger charge is 2.30. The molecule has 0 bridgehead atoms. The van der Waals surface area contributed by atoms with Crippen LogP contribution in [0.5, 0.6) is 0 Å². The van der Waals surface area contributed by atoms with Crippen LogP contribution >= 0.6 is 23.2 Å². The number of halogens is 2. The van der Waals surface area contributed by atoms with Gasteiger partial charge in [-0.15, -0.1) is 0 Å². The molecule has 0 radical (unpaired) electrons. The predicted octanol–water partition coefficient (Wildman–Crippen LogP) is 5.93. The molecule has 0 atom stereocenters. The van der Waals surface area contributed by atoms with Crippen molar-refractivity contribution in [1.82, 2.24) is 19.5 Å². The summed E-state index contributed by atoms with van der Waals surface area (Å²) in [7, 11) is 0. The van der Waals surface area contributed by atoms with E-state index in [4.69, 9.17) is 48.6 Å². The van der Waals surface area contributed by atoms with Crippen LogP contribution in [0.15, 0.2) is 24.4 Å². The number of anilines is 2. The fourth-order valence-corrected chi connectivity index (χ4v) is 5.79. The first-order chi connectivity index (χ1) is 16.4. The van der Waals surface area contributed by atoms with Crippen molar-refractivity contribution in [1.29, 1.82) is 0 Å². The van der Waals surface area contributed by atoms with E-state index < -0.39 is 0 Å². The van der Waals surface area contributed by atoms with Gasteiger partial charge >= 0.3 is 0 Å². The second kappa shape index (κ2) is 9.97.